The first kappa shape index (κ1) is 17.6. The highest BCUT2D eigenvalue weighted by Crippen LogP contribution is 2.22. The van der Waals surface area contributed by atoms with Gasteiger partial charge in [-0.2, -0.15) is 0 Å². The molecule has 26 heavy (non-hydrogen) atoms. The summed E-state index contributed by atoms with van der Waals surface area (Å²) >= 11 is 5.27. The second kappa shape index (κ2) is 8.26. The summed E-state index contributed by atoms with van der Waals surface area (Å²) in [4.78, 5) is 8.55. The third kappa shape index (κ3) is 5.15. The van der Waals surface area contributed by atoms with Crippen LogP contribution in [0.2, 0.25) is 0 Å². The van der Waals surface area contributed by atoms with Gasteiger partial charge in [0.05, 0.1) is 0 Å². The maximum atomic E-state index is 5.76. The van der Waals surface area contributed by atoms with E-state index in [1.165, 1.54) is 0 Å². The molecule has 7 heteroatoms. The zero-order chi connectivity index (χ0) is 18.4. The number of para-hydroxylation sites is 1. The molecule has 0 aliphatic heterocycles. The van der Waals surface area contributed by atoms with Crippen LogP contribution in [0.25, 0.3) is 0 Å². The minimum atomic E-state index is 0.407. The van der Waals surface area contributed by atoms with E-state index < -0.39 is 0 Å². The molecule has 132 valence electrons. The van der Waals surface area contributed by atoms with Gasteiger partial charge in [-0.15, -0.1) is 0 Å². The number of thiocarbonyl (C=S) groups is 1. The maximum Gasteiger partial charge on any atom is 0.242 e. The van der Waals surface area contributed by atoms with Crippen LogP contribution in [0.4, 0.5) is 11.6 Å². The van der Waals surface area contributed by atoms with E-state index in [0.717, 1.165) is 28.6 Å². The van der Waals surface area contributed by atoms with Crippen LogP contribution in [-0.2, 0) is 0 Å². The molecular weight excluding hydrogens is 346 g/mol. The first-order valence-corrected chi connectivity index (χ1v) is 8.47. The van der Waals surface area contributed by atoms with Crippen LogP contribution in [0, 0.1) is 13.8 Å². The first-order chi connectivity index (χ1) is 12.6. The molecule has 0 atom stereocenters. The fourth-order valence-electron chi connectivity index (χ4n) is 2.29. The van der Waals surface area contributed by atoms with E-state index in [9.17, 15) is 0 Å². The Kier molecular flexibility index (Phi) is 5.60. The summed E-state index contributed by atoms with van der Waals surface area (Å²) in [6.45, 7) is 3.82. The van der Waals surface area contributed by atoms with Crippen molar-refractivity contribution in [2.75, 3.05) is 10.7 Å². The number of hydrogen-bond donors (Lipinski definition) is 3. The molecule has 0 radical (unpaired) electrons. The van der Waals surface area contributed by atoms with Crippen molar-refractivity contribution < 1.29 is 4.74 Å². The number of ether oxygens (including phenoxy) is 1. The Morgan fingerprint density at radius 2 is 1.50 bits per heavy atom. The molecule has 2 aromatic carbocycles. The Bertz CT molecular complexity index is 864. The molecule has 0 unspecified atom stereocenters. The van der Waals surface area contributed by atoms with Crippen LogP contribution in [-0.4, -0.2) is 15.1 Å². The number of anilines is 2. The number of hydrogen-bond acceptors (Lipinski definition) is 5. The van der Waals surface area contributed by atoms with Crippen molar-refractivity contribution in [3.8, 4) is 11.5 Å². The lowest BCUT2D eigenvalue weighted by molar-refractivity contribution is 0.483. The van der Waals surface area contributed by atoms with E-state index in [4.69, 9.17) is 17.0 Å². The standard InChI is InChI=1S/C19H19N5OS/c1-13-12-14(2)21-18(20-13)23-24-19(26)22-15-8-10-17(11-9-15)25-16-6-4-3-5-7-16/h3-12H,1-2H3,(H,20,21,23)(H2,22,24,26). The highest BCUT2D eigenvalue weighted by atomic mass is 32.1. The molecule has 0 aliphatic rings. The van der Waals surface area contributed by atoms with E-state index in [2.05, 4.69) is 26.1 Å². The predicted molar refractivity (Wildman–Crippen MR) is 107 cm³/mol. The Morgan fingerprint density at radius 3 is 2.15 bits per heavy atom. The summed E-state index contributed by atoms with van der Waals surface area (Å²) in [7, 11) is 0. The van der Waals surface area contributed by atoms with Gasteiger partial charge in [0.1, 0.15) is 11.5 Å². The minimum absolute atomic E-state index is 0.407. The van der Waals surface area contributed by atoms with Crippen molar-refractivity contribution in [1.29, 1.82) is 0 Å². The van der Waals surface area contributed by atoms with Gasteiger partial charge in [0.15, 0.2) is 5.11 Å². The SMILES string of the molecule is Cc1cc(C)nc(NNC(=S)Nc2ccc(Oc3ccccc3)cc2)n1. The van der Waals surface area contributed by atoms with Gasteiger partial charge in [-0.05, 0) is 68.5 Å². The van der Waals surface area contributed by atoms with Gasteiger partial charge in [-0.3, -0.25) is 10.9 Å². The average Bonchev–Trinajstić information content (AvgIpc) is 2.62. The fraction of sp³-hybridized carbons (Fsp3) is 0.105. The monoisotopic (exact) mass is 365 g/mol. The molecule has 3 aromatic rings. The van der Waals surface area contributed by atoms with E-state index in [1.54, 1.807) is 0 Å². The van der Waals surface area contributed by atoms with Crippen LogP contribution in [0.5, 0.6) is 11.5 Å². The number of nitrogens with one attached hydrogen (secondary N) is 3. The third-order valence-electron chi connectivity index (χ3n) is 3.36. The highest BCUT2D eigenvalue weighted by Gasteiger charge is 2.02. The second-order valence-corrected chi connectivity index (χ2v) is 6.03. The van der Waals surface area contributed by atoms with Gasteiger partial charge in [0.2, 0.25) is 5.95 Å². The summed E-state index contributed by atoms with van der Waals surface area (Å²) < 4.78 is 5.76. The molecule has 0 saturated carbocycles. The normalized spacial score (nSPS) is 10.1. The largest absolute Gasteiger partial charge is 0.457 e. The van der Waals surface area contributed by atoms with Gasteiger partial charge in [0.25, 0.3) is 0 Å². The quantitative estimate of drug-likeness (QED) is 0.462. The Labute approximate surface area is 157 Å². The number of aryl methyl sites for hydroxylation is 2. The van der Waals surface area contributed by atoms with Crippen molar-refractivity contribution in [2.45, 2.75) is 13.8 Å². The molecule has 6 nitrogen and oxygen atoms in total. The first-order valence-electron chi connectivity index (χ1n) is 8.07. The number of nitrogens with zero attached hydrogens (tertiary/aromatic N) is 2. The molecule has 3 rings (SSSR count). The summed E-state index contributed by atoms with van der Waals surface area (Å²) in [5, 5.41) is 3.49. The Morgan fingerprint density at radius 1 is 0.885 bits per heavy atom. The summed E-state index contributed by atoms with van der Waals surface area (Å²) in [5.41, 5.74) is 8.37. The van der Waals surface area contributed by atoms with E-state index in [-0.39, 0.29) is 0 Å². The van der Waals surface area contributed by atoms with Gasteiger partial charge in [-0.25, -0.2) is 9.97 Å². The third-order valence-corrected chi connectivity index (χ3v) is 3.57. The zero-order valence-corrected chi connectivity index (χ0v) is 15.3. The maximum absolute atomic E-state index is 5.76. The van der Waals surface area contributed by atoms with E-state index in [1.807, 2.05) is 74.5 Å². The van der Waals surface area contributed by atoms with Gasteiger partial charge < -0.3 is 10.1 Å². The van der Waals surface area contributed by atoms with Crippen LogP contribution < -0.4 is 20.9 Å². The summed E-state index contributed by atoms with van der Waals surface area (Å²) in [6.07, 6.45) is 0. The van der Waals surface area contributed by atoms with Crippen molar-refractivity contribution in [3.05, 3.63) is 72.1 Å². The van der Waals surface area contributed by atoms with E-state index >= 15 is 0 Å². The average molecular weight is 365 g/mol. The number of hydrazine groups is 1. The number of rotatable bonds is 5. The molecule has 3 N–H and O–H groups in total. The van der Waals surface area contributed by atoms with Crippen LogP contribution in [0.15, 0.2) is 60.7 Å². The summed E-state index contributed by atoms with van der Waals surface area (Å²) in [6, 6.07) is 19.1. The molecule has 0 bridgehead atoms. The van der Waals surface area contributed by atoms with Crippen molar-refractivity contribution in [1.82, 2.24) is 15.4 Å². The Balaban J connectivity index is 1.52. The molecule has 1 heterocycles. The van der Waals surface area contributed by atoms with Gasteiger partial charge in [0, 0.05) is 17.1 Å². The topological polar surface area (TPSA) is 71.1 Å². The van der Waals surface area contributed by atoms with Gasteiger partial charge in [-0.1, -0.05) is 18.2 Å². The van der Waals surface area contributed by atoms with Crippen molar-refractivity contribution in [3.63, 3.8) is 0 Å². The molecule has 0 spiro atoms. The summed E-state index contributed by atoms with van der Waals surface area (Å²) in [5.74, 6) is 2.02. The molecule has 0 saturated heterocycles. The lowest BCUT2D eigenvalue weighted by Gasteiger charge is -2.12. The van der Waals surface area contributed by atoms with Gasteiger partial charge >= 0.3 is 0 Å². The van der Waals surface area contributed by atoms with Crippen molar-refractivity contribution >= 4 is 29.0 Å². The second-order valence-electron chi connectivity index (χ2n) is 5.62. The lowest BCUT2D eigenvalue weighted by Crippen LogP contribution is -2.34. The molecule has 0 aliphatic carbocycles. The number of aromatic nitrogens is 2. The van der Waals surface area contributed by atoms with Crippen LogP contribution in [0.1, 0.15) is 11.4 Å². The lowest BCUT2D eigenvalue weighted by atomic mass is 10.3. The number of benzene rings is 2. The highest BCUT2D eigenvalue weighted by molar-refractivity contribution is 7.80. The fourth-order valence-corrected chi connectivity index (χ4v) is 2.46. The molecule has 0 fully saturated rings. The van der Waals surface area contributed by atoms with E-state index in [0.29, 0.717) is 11.1 Å². The van der Waals surface area contributed by atoms with Crippen molar-refractivity contribution in [2.24, 2.45) is 0 Å². The minimum Gasteiger partial charge on any atom is -0.457 e. The predicted octanol–water partition coefficient (Wildman–Crippen LogP) is 4.20. The molecule has 0 amide bonds. The molecule has 1 aromatic heterocycles. The zero-order valence-electron chi connectivity index (χ0n) is 14.5. The van der Waals surface area contributed by atoms with Crippen LogP contribution >= 0.6 is 12.2 Å². The van der Waals surface area contributed by atoms with Crippen LogP contribution in [0.3, 0.4) is 0 Å². The Hall–Kier alpha value is -3.19. The molecular formula is C19H19N5OS. The smallest absolute Gasteiger partial charge is 0.242 e.